The van der Waals surface area contributed by atoms with Crippen LogP contribution in [0.15, 0.2) is 77.9 Å². The molecule has 0 radical (unpaired) electrons. The van der Waals surface area contributed by atoms with Crippen LogP contribution in [0.3, 0.4) is 0 Å². The zero-order valence-corrected chi connectivity index (χ0v) is 17.4. The van der Waals surface area contributed by atoms with Crippen LogP contribution >= 0.6 is 0 Å². The summed E-state index contributed by atoms with van der Waals surface area (Å²) in [6.07, 6.45) is 1.50. The summed E-state index contributed by atoms with van der Waals surface area (Å²) < 4.78 is 21.6. The normalized spacial score (nSPS) is 10.5. The molecule has 0 saturated carbocycles. The van der Waals surface area contributed by atoms with Gasteiger partial charge in [0.2, 0.25) is 0 Å². The molecule has 0 heterocycles. The summed E-state index contributed by atoms with van der Waals surface area (Å²) in [5.41, 5.74) is 4.22. The lowest BCUT2D eigenvalue weighted by Crippen LogP contribution is -2.24. The fourth-order valence-corrected chi connectivity index (χ4v) is 2.65. The van der Waals surface area contributed by atoms with Crippen LogP contribution in [-0.4, -0.2) is 32.9 Å². The molecule has 0 bridgehead atoms. The van der Waals surface area contributed by atoms with E-state index in [9.17, 15) is 4.79 Å². The maximum atomic E-state index is 12.0. The molecule has 0 unspecified atom stereocenters. The van der Waals surface area contributed by atoms with Crippen LogP contribution in [0.5, 0.6) is 23.0 Å². The first-order valence-electron chi connectivity index (χ1n) is 9.61. The second-order valence-corrected chi connectivity index (χ2v) is 6.44. The number of methoxy groups -OCH3 is 2. The number of amides is 1. The fourth-order valence-electron chi connectivity index (χ4n) is 2.65. The molecule has 3 aromatic carbocycles. The topological polar surface area (TPSA) is 78.4 Å². The van der Waals surface area contributed by atoms with E-state index in [1.165, 1.54) is 6.21 Å². The number of carbonyl (C=O) groups excluding carboxylic acids is 1. The highest BCUT2D eigenvalue weighted by molar-refractivity contribution is 5.85. The lowest BCUT2D eigenvalue weighted by Gasteiger charge is -2.08. The van der Waals surface area contributed by atoms with Crippen molar-refractivity contribution >= 4 is 12.1 Å². The predicted molar refractivity (Wildman–Crippen MR) is 118 cm³/mol. The highest BCUT2D eigenvalue weighted by atomic mass is 16.5. The molecule has 31 heavy (non-hydrogen) atoms. The second kappa shape index (κ2) is 11.3. The minimum Gasteiger partial charge on any atom is -0.497 e. The van der Waals surface area contributed by atoms with E-state index in [2.05, 4.69) is 10.5 Å². The van der Waals surface area contributed by atoms with E-state index in [4.69, 9.17) is 18.9 Å². The Hall–Kier alpha value is -4.00. The van der Waals surface area contributed by atoms with Crippen molar-refractivity contribution in [3.05, 3.63) is 83.9 Å². The molecule has 0 atom stereocenters. The minimum atomic E-state index is -0.381. The standard InChI is InChI=1S/C24H24N2O5/c1-28-22-9-8-19(23(14-22)29-2)15-25-26-24(27)17-31-21-12-10-20(11-13-21)30-16-18-6-4-3-5-7-18/h3-15H,16-17H2,1-2H3,(H,26,27)/b25-15+. The highest BCUT2D eigenvalue weighted by Crippen LogP contribution is 2.23. The Balaban J connectivity index is 1.43. The smallest absolute Gasteiger partial charge is 0.277 e. The van der Waals surface area contributed by atoms with Crippen molar-refractivity contribution < 1.29 is 23.7 Å². The van der Waals surface area contributed by atoms with Crippen molar-refractivity contribution in [1.29, 1.82) is 0 Å². The Morgan fingerprint density at radius 2 is 1.55 bits per heavy atom. The molecule has 0 aliphatic rings. The molecule has 0 spiro atoms. The van der Waals surface area contributed by atoms with Crippen LogP contribution in [0.25, 0.3) is 0 Å². The van der Waals surface area contributed by atoms with Crippen LogP contribution in [0.4, 0.5) is 0 Å². The molecule has 0 aliphatic carbocycles. The van der Waals surface area contributed by atoms with Gasteiger partial charge in [-0.25, -0.2) is 5.43 Å². The maximum absolute atomic E-state index is 12.0. The zero-order valence-electron chi connectivity index (χ0n) is 17.4. The molecule has 7 nitrogen and oxygen atoms in total. The molecule has 0 aliphatic heterocycles. The Bertz CT molecular complexity index is 1000. The molecule has 0 fully saturated rings. The first-order chi connectivity index (χ1) is 15.2. The monoisotopic (exact) mass is 420 g/mol. The van der Waals surface area contributed by atoms with Crippen LogP contribution in [-0.2, 0) is 11.4 Å². The van der Waals surface area contributed by atoms with Gasteiger partial charge in [0.05, 0.1) is 20.4 Å². The van der Waals surface area contributed by atoms with E-state index in [0.717, 1.165) is 11.3 Å². The van der Waals surface area contributed by atoms with Gasteiger partial charge in [-0.2, -0.15) is 5.10 Å². The van der Waals surface area contributed by atoms with Gasteiger partial charge >= 0.3 is 0 Å². The molecular formula is C24H24N2O5. The third-order valence-electron chi connectivity index (χ3n) is 4.28. The maximum Gasteiger partial charge on any atom is 0.277 e. The quantitative estimate of drug-likeness (QED) is 0.399. The molecule has 3 rings (SSSR count). The number of rotatable bonds is 10. The van der Waals surface area contributed by atoms with E-state index < -0.39 is 0 Å². The van der Waals surface area contributed by atoms with Gasteiger partial charge in [-0.05, 0) is 42.0 Å². The Morgan fingerprint density at radius 1 is 0.871 bits per heavy atom. The average Bonchev–Trinajstić information content (AvgIpc) is 2.83. The average molecular weight is 420 g/mol. The molecule has 3 aromatic rings. The van der Waals surface area contributed by atoms with Crippen LogP contribution in [0, 0.1) is 0 Å². The number of ether oxygens (including phenoxy) is 4. The number of hydrogen-bond acceptors (Lipinski definition) is 6. The van der Waals surface area contributed by atoms with E-state index in [-0.39, 0.29) is 12.5 Å². The summed E-state index contributed by atoms with van der Waals surface area (Å²) in [5, 5.41) is 3.94. The zero-order chi connectivity index (χ0) is 21.9. The molecular weight excluding hydrogens is 396 g/mol. The minimum absolute atomic E-state index is 0.165. The number of nitrogens with one attached hydrogen (secondary N) is 1. The van der Waals surface area contributed by atoms with Gasteiger partial charge in [-0.3, -0.25) is 4.79 Å². The van der Waals surface area contributed by atoms with Gasteiger partial charge in [0, 0.05) is 11.6 Å². The van der Waals surface area contributed by atoms with Gasteiger partial charge in [0.1, 0.15) is 29.6 Å². The van der Waals surface area contributed by atoms with Crippen molar-refractivity contribution in [2.24, 2.45) is 5.10 Å². The van der Waals surface area contributed by atoms with Crippen molar-refractivity contribution in [3.63, 3.8) is 0 Å². The number of nitrogens with zero attached hydrogens (tertiary/aromatic N) is 1. The summed E-state index contributed by atoms with van der Waals surface area (Å²) in [5.74, 6) is 2.15. The Labute approximate surface area is 181 Å². The summed E-state index contributed by atoms with van der Waals surface area (Å²) in [4.78, 5) is 12.0. The van der Waals surface area contributed by atoms with Crippen molar-refractivity contribution in [2.75, 3.05) is 20.8 Å². The highest BCUT2D eigenvalue weighted by Gasteiger charge is 2.05. The SMILES string of the molecule is COc1ccc(/C=N/NC(=O)COc2ccc(OCc3ccccc3)cc2)c(OC)c1. The lowest BCUT2D eigenvalue weighted by atomic mass is 10.2. The number of carbonyl (C=O) groups is 1. The Kier molecular flexibility index (Phi) is 7.88. The second-order valence-electron chi connectivity index (χ2n) is 6.44. The van der Waals surface area contributed by atoms with Crippen molar-refractivity contribution in [2.45, 2.75) is 6.61 Å². The summed E-state index contributed by atoms with van der Waals surface area (Å²) in [6.45, 7) is 0.321. The number of benzene rings is 3. The molecule has 0 saturated heterocycles. The first kappa shape index (κ1) is 21.7. The molecule has 1 amide bonds. The molecule has 0 aromatic heterocycles. The third-order valence-corrected chi connectivity index (χ3v) is 4.28. The van der Waals surface area contributed by atoms with E-state index in [1.54, 1.807) is 56.7 Å². The van der Waals surface area contributed by atoms with Crippen molar-refractivity contribution in [1.82, 2.24) is 5.43 Å². The molecule has 7 heteroatoms. The van der Waals surface area contributed by atoms with Gasteiger partial charge in [0.25, 0.3) is 5.91 Å². The Morgan fingerprint density at radius 3 is 2.23 bits per heavy atom. The van der Waals surface area contributed by atoms with Crippen LogP contribution < -0.4 is 24.4 Å². The van der Waals surface area contributed by atoms with E-state index in [0.29, 0.717) is 29.4 Å². The lowest BCUT2D eigenvalue weighted by molar-refractivity contribution is -0.123. The van der Waals surface area contributed by atoms with Crippen LogP contribution in [0.2, 0.25) is 0 Å². The van der Waals surface area contributed by atoms with Gasteiger partial charge in [-0.1, -0.05) is 30.3 Å². The number of hydrazone groups is 1. The molecule has 160 valence electrons. The van der Waals surface area contributed by atoms with E-state index in [1.807, 2.05) is 30.3 Å². The predicted octanol–water partition coefficient (Wildman–Crippen LogP) is 3.81. The first-order valence-corrected chi connectivity index (χ1v) is 9.61. The summed E-state index contributed by atoms with van der Waals surface area (Å²) >= 11 is 0. The molecule has 1 N–H and O–H groups in total. The van der Waals surface area contributed by atoms with Crippen molar-refractivity contribution in [3.8, 4) is 23.0 Å². The van der Waals surface area contributed by atoms with Gasteiger partial charge < -0.3 is 18.9 Å². The largest absolute Gasteiger partial charge is 0.497 e. The van der Waals surface area contributed by atoms with E-state index >= 15 is 0 Å². The van der Waals surface area contributed by atoms with Gasteiger partial charge in [-0.15, -0.1) is 0 Å². The summed E-state index contributed by atoms with van der Waals surface area (Å²) in [6, 6.07) is 22.3. The van der Waals surface area contributed by atoms with Gasteiger partial charge in [0.15, 0.2) is 6.61 Å². The van der Waals surface area contributed by atoms with Crippen LogP contribution in [0.1, 0.15) is 11.1 Å². The third kappa shape index (κ3) is 6.78. The summed E-state index contributed by atoms with van der Waals surface area (Å²) in [7, 11) is 3.13. The fraction of sp³-hybridized carbons (Fsp3) is 0.167. The number of hydrogen-bond donors (Lipinski definition) is 1.